The number of hydrogen-bond donors (Lipinski definition) is 3. The summed E-state index contributed by atoms with van der Waals surface area (Å²) in [5, 5.41) is 4.98. The highest BCUT2D eigenvalue weighted by Crippen LogP contribution is 2.08. The van der Waals surface area contributed by atoms with Gasteiger partial charge in [-0.25, -0.2) is 14.6 Å². The van der Waals surface area contributed by atoms with Gasteiger partial charge in [0.15, 0.2) is 0 Å². The molecule has 1 heterocycles. The topological polar surface area (TPSA) is 128 Å². The van der Waals surface area contributed by atoms with Gasteiger partial charge in [-0.3, -0.25) is 9.36 Å². The number of nitrogens with two attached hydrogens (primary N) is 1. The number of carbonyl (C=O) groups excluding carboxylic acids is 3. The SMILES string of the molecule is CC(C)(C)OC(=O)NC(CCCNC(N)=O)C(=O)n1ccnc1. The Bertz CT molecular complexity index is 536. The van der Waals surface area contributed by atoms with Gasteiger partial charge in [0.2, 0.25) is 0 Å². The zero-order valence-electron chi connectivity index (χ0n) is 13.5. The second-order valence-corrected chi connectivity index (χ2v) is 5.94. The summed E-state index contributed by atoms with van der Waals surface area (Å²) in [7, 11) is 0. The van der Waals surface area contributed by atoms with Crippen molar-refractivity contribution in [3.63, 3.8) is 0 Å². The Labute approximate surface area is 134 Å². The summed E-state index contributed by atoms with van der Waals surface area (Å²) in [6.45, 7) is 5.50. The predicted molar refractivity (Wildman–Crippen MR) is 82.8 cm³/mol. The number of rotatable bonds is 6. The molecule has 0 aliphatic heterocycles. The fraction of sp³-hybridized carbons (Fsp3) is 0.571. The van der Waals surface area contributed by atoms with Gasteiger partial charge in [0.1, 0.15) is 18.0 Å². The maximum absolute atomic E-state index is 12.4. The maximum atomic E-state index is 12.4. The quantitative estimate of drug-likeness (QED) is 0.668. The van der Waals surface area contributed by atoms with Crippen LogP contribution in [-0.2, 0) is 4.74 Å². The first-order chi connectivity index (χ1) is 10.7. The van der Waals surface area contributed by atoms with E-state index in [-0.39, 0.29) is 5.91 Å². The predicted octanol–water partition coefficient (Wildman–Crippen LogP) is 0.865. The first-order valence-electron chi connectivity index (χ1n) is 7.24. The Morgan fingerprint density at radius 2 is 2.04 bits per heavy atom. The molecule has 1 aromatic heterocycles. The molecule has 0 bridgehead atoms. The fourth-order valence-electron chi connectivity index (χ4n) is 1.79. The van der Waals surface area contributed by atoms with Crippen molar-refractivity contribution in [2.45, 2.75) is 45.3 Å². The van der Waals surface area contributed by atoms with Crippen LogP contribution in [0.1, 0.15) is 38.4 Å². The monoisotopic (exact) mass is 325 g/mol. The summed E-state index contributed by atoms with van der Waals surface area (Å²) in [6, 6.07) is -1.43. The van der Waals surface area contributed by atoms with E-state index in [1.54, 1.807) is 20.8 Å². The third kappa shape index (κ3) is 7.30. The number of nitrogens with zero attached hydrogens (tertiary/aromatic N) is 2. The Balaban J connectivity index is 2.66. The number of aromatic nitrogens is 2. The number of ether oxygens (including phenoxy) is 1. The van der Waals surface area contributed by atoms with Crippen LogP contribution in [0.15, 0.2) is 18.7 Å². The van der Waals surface area contributed by atoms with E-state index < -0.39 is 23.8 Å². The molecule has 3 amide bonds. The number of imidazole rings is 1. The largest absolute Gasteiger partial charge is 0.444 e. The molecular formula is C14H23N5O4. The number of nitrogens with one attached hydrogen (secondary N) is 2. The minimum atomic E-state index is -0.797. The Morgan fingerprint density at radius 3 is 2.57 bits per heavy atom. The fourth-order valence-corrected chi connectivity index (χ4v) is 1.79. The molecule has 0 spiro atoms. The van der Waals surface area contributed by atoms with Gasteiger partial charge < -0.3 is 21.1 Å². The average molecular weight is 325 g/mol. The van der Waals surface area contributed by atoms with E-state index in [0.717, 1.165) is 0 Å². The zero-order chi connectivity index (χ0) is 17.5. The van der Waals surface area contributed by atoms with E-state index >= 15 is 0 Å². The van der Waals surface area contributed by atoms with Crippen LogP contribution in [0.4, 0.5) is 9.59 Å². The summed E-state index contributed by atoms with van der Waals surface area (Å²) in [5.74, 6) is -0.340. The van der Waals surface area contributed by atoms with Gasteiger partial charge in [0, 0.05) is 18.9 Å². The average Bonchev–Trinajstić information content (AvgIpc) is 2.93. The van der Waals surface area contributed by atoms with Crippen LogP contribution in [0.2, 0.25) is 0 Å². The van der Waals surface area contributed by atoms with Crippen molar-refractivity contribution in [2.75, 3.05) is 6.54 Å². The third-order valence-corrected chi connectivity index (χ3v) is 2.72. The van der Waals surface area contributed by atoms with Crippen LogP contribution in [0.25, 0.3) is 0 Å². The lowest BCUT2D eigenvalue weighted by Gasteiger charge is -2.23. The lowest BCUT2D eigenvalue weighted by Crippen LogP contribution is -2.45. The highest BCUT2D eigenvalue weighted by atomic mass is 16.6. The Kier molecular flexibility index (Phi) is 6.55. The van der Waals surface area contributed by atoms with E-state index in [0.29, 0.717) is 19.4 Å². The third-order valence-electron chi connectivity index (χ3n) is 2.72. The van der Waals surface area contributed by atoms with Gasteiger partial charge in [-0.1, -0.05) is 0 Å². The van der Waals surface area contributed by atoms with E-state index in [4.69, 9.17) is 10.5 Å². The Hall–Kier alpha value is -2.58. The van der Waals surface area contributed by atoms with Gasteiger partial charge in [-0.05, 0) is 33.6 Å². The smallest absolute Gasteiger partial charge is 0.408 e. The number of primary amides is 1. The number of amides is 3. The molecule has 0 saturated heterocycles. The molecule has 0 aromatic carbocycles. The molecule has 1 unspecified atom stereocenters. The van der Waals surface area contributed by atoms with Crippen LogP contribution in [0.5, 0.6) is 0 Å². The highest BCUT2D eigenvalue weighted by Gasteiger charge is 2.25. The molecule has 9 heteroatoms. The minimum Gasteiger partial charge on any atom is -0.444 e. The number of hydrogen-bond acceptors (Lipinski definition) is 5. The van der Waals surface area contributed by atoms with E-state index in [9.17, 15) is 14.4 Å². The van der Waals surface area contributed by atoms with Crippen molar-refractivity contribution in [3.8, 4) is 0 Å². The van der Waals surface area contributed by atoms with E-state index in [1.807, 2.05) is 0 Å². The zero-order valence-corrected chi connectivity index (χ0v) is 13.5. The summed E-state index contributed by atoms with van der Waals surface area (Å²) in [6.07, 6.45) is 4.41. The second kappa shape index (κ2) is 8.16. The van der Waals surface area contributed by atoms with Gasteiger partial charge in [-0.2, -0.15) is 0 Å². The summed E-state index contributed by atoms with van der Waals surface area (Å²) >= 11 is 0. The molecule has 4 N–H and O–H groups in total. The molecule has 128 valence electrons. The molecule has 0 saturated carbocycles. The van der Waals surface area contributed by atoms with Crippen molar-refractivity contribution < 1.29 is 19.1 Å². The molecule has 9 nitrogen and oxygen atoms in total. The first-order valence-corrected chi connectivity index (χ1v) is 7.24. The molecular weight excluding hydrogens is 302 g/mol. The lowest BCUT2D eigenvalue weighted by atomic mass is 10.1. The standard InChI is InChI=1S/C14H23N5O4/c1-14(2,3)23-13(22)18-10(5-4-6-17-12(15)21)11(20)19-8-7-16-9-19/h7-10H,4-6H2,1-3H3,(H,18,22)(H3,15,17,21). The minimum absolute atomic E-state index is 0.305. The van der Waals surface area contributed by atoms with Crippen molar-refractivity contribution in [3.05, 3.63) is 18.7 Å². The highest BCUT2D eigenvalue weighted by molar-refractivity contribution is 5.87. The second-order valence-electron chi connectivity index (χ2n) is 5.94. The molecule has 0 aliphatic carbocycles. The molecule has 1 atom stereocenters. The van der Waals surface area contributed by atoms with Crippen LogP contribution >= 0.6 is 0 Å². The summed E-state index contributed by atoms with van der Waals surface area (Å²) < 4.78 is 6.44. The van der Waals surface area contributed by atoms with Crippen LogP contribution in [0, 0.1) is 0 Å². The van der Waals surface area contributed by atoms with Crippen LogP contribution in [0.3, 0.4) is 0 Å². The van der Waals surface area contributed by atoms with Crippen LogP contribution in [-0.4, -0.2) is 45.8 Å². The number of alkyl carbamates (subject to hydrolysis) is 1. The van der Waals surface area contributed by atoms with E-state index in [1.165, 1.54) is 23.3 Å². The van der Waals surface area contributed by atoms with Crippen molar-refractivity contribution in [1.29, 1.82) is 0 Å². The van der Waals surface area contributed by atoms with E-state index in [2.05, 4.69) is 15.6 Å². The van der Waals surface area contributed by atoms with Gasteiger partial charge in [0.25, 0.3) is 5.91 Å². The lowest BCUT2D eigenvalue weighted by molar-refractivity contribution is 0.0478. The van der Waals surface area contributed by atoms with Gasteiger partial charge >= 0.3 is 12.1 Å². The van der Waals surface area contributed by atoms with Gasteiger partial charge in [-0.15, -0.1) is 0 Å². The summed E-state index contributed by atoms with van der Waals surface area (Å²) in [4.78, 5) is 38.7. The molecule has 0 aliphatic rings. The molecule has 1 aromatic rings. The number of carbonyl (C=O) groups is 3. The molecule has 0 radical (unpaired) electrons. The first kappa shape index (κ1) is 18.5. The normalized spacial score (nSPS) is 12.3. The van der Waals surface area contributed by atoms with Crippen molar-refractivity contribution >= 4 is 18.0 Å². The summed E-state index contributed by atoms with van der Waals surface area (Å²) in [5.41, 5.74) is 4.31. The maximum Gasteiger partial charge on any atom is 0.408 e. The van der Waals surface area contributed by atoms with Crippen LogP contribution < -0.4 is 16.4 Å². The molecule has 1 rings (SSSR count). The van der Waals surface area contributed by atoms with Crippen molar-refractivity contribution in [2.24, 2.45) is 5.73 Å². The van der Waals surface area contributed by atoms with Crippen molar-refractivity contribution in [1.82, 2.24) is 20.2 Å². The molecule has 0 fully saturated rings. The Morgan fingerprint density at radius 1 is 1.35 bits per heavy atom. The number of urea groups is 1. The van der Waals surface area contributed by atoms with Gasteiger partial charge in [0.05, 0.1) is 0 Å². The molecule has 23 heavy (non-hydrogen) atoms.